The first-order valence-electron chi connectivity index (χ1n) is 10.7. The van der Waals surface area contributed by atoms with E-state index in [-0.39, 0.29) is 17.2 Å². The van der Waals surface area contributed by atoms with Crippen molar-refractivity contribution in [1.82, 2.24) is 14.7 Å². The first-order valence-corrected chi connectivity index (χ1v) is 10.7. The Kier molecular flexibility index (Phi) is 6.71. The van der Waals surface area contributed by atoms with Crippen molar-refractivity contribution in [2.75, 3.05) is 20.1 Å². The molecule has 1 aromatic heterocycles. The molecule has 4 rings (SSSR count). The van der Waals surface area contributed by atoms with E-state index in [2.05, 4.69) is 10.00 Å². The molecule has 0 bridgehead atoms. The van der Waals surface area contributed by atoms with Gasteiger partial charge in [-0.05, 0) is 54.9 Å². The minimum Gasteiger partial charge on any atom is -0.304 e. The number of benzene rings is 3. The normalized spacial score (nSPS) is 11.4. The molecular weight excluding hydrogens is 408 g/mol. The van der Waals surface area contributed by atoms with Gasteiger partial charge in [-0.25, -0.2) is 13.5 Å². The highest BCUT2D eigenvalue weighted by Crippen LogP contribution is 2.17. The molecule has 0 N–H and O–H groups in total. The second-order valence-corrected chi connectivity index (χ2v) is 8.01. The largest absolute Gasteiger partial charge is 0.304 e. The van der Waals surface area contributed by atoms with Crippen LogP contribution in [-0.4, -0.2) is 34.8 Å². The SMILES string of the molecule is CN(CCc1cccc(F)c1)CCn1nc(Cc2ccc(F)cc2)c2ccccc2c1=O. The van der Waals surface area contributed by atoms with Gasteiger partial charge in [0.05, 0.1) is 17.6 Å². The van der Waals surface area contributed by atoms with E-state index >= 15 is 0 Å². The molecule has 0 amide bonds. The zero-order valence-corrected chi connectivity index (χ0v) is 18.0. The number of aromatic nitrogens is 2. The monoisotopic (exact) mass is 433 g/mol. The molecule has 0 atom stereocenters. The molecule has 0 aliphatic rings. The Morgan fingerprint density at radius 3 is 2.34 bits per heavy atom. The Hall–Kier alpha value is -3.38. The highest BCUT2D eigenvalue weighted by Gasteiger charge is 2.12. The van der Waals surface area contributed by atoms with Crippen LogP contribution in [0.2, 0.25) is 0 Å². The summed E-state index contributed by atoms with van der Waals surface area (Å²) >= 11 is 0. The number of nitrogens with zero attached hydrogens (tertiary/aromatic N) is 3. The van der Waals surface area contributed by atoms with Crippen LogP contribution in [0.25, 0.3) is 10.8 Å². The van der Waals surface area contributed by atoms with E-state index in [1.165, 1.54) is 22.9 Å². The fourth-order valence-electron chi connectivity index (χ4n) is 3.77. The quantitative estimate of drug-likeness (QED) is 0.412. The Morgan fingerprint density at radius 1 is 0.844 bits per heavy atom. The molecule has 32 heavy (non-hydrogen) atoms. The summed E-state index contributed by atoms with van der Waals surface area (Å²) in [5.74, 6) is -0.511. The zero-order valence-electron chi connectivity index (χ0n) is 18.0. The molecule has 0 fully saturated rings. The Morgan fingerprint density at radius 2 is 1.59 bits per heavy atom. The molecule has 0 aliphatic carbocycles. The van der Waals surface area contributed by atoms with E-state index < -0.39 is 0 Å². The third-order valence-electron chi connectivity index (χ3n) is 5.59. The Bertz CT molecular complexity index is 1270. The van der Waals surface area contributed by atoms with Gasteiger partial charge in [-0.2, -0.15) is 5.10 Å². The predicted molar refractivity (Wildman–Crippen MR) is 123 cm³/mol. The van der Waals surface area contributed by atoms with Crippen molar-refractivity contribution < 1.29 is 8.78 Å². The number of hydrogen-bond acceptors (Lipinski definition) is 3. The molecule has 6 heteroatoms. The summed E-state index contributed by atoms with van der Waals surface area (Å²) in [7, 11) is 1.98. The van der Waals surface area contributed by atoms with E-state index in [9.17, 15) is 13.6 Å². The molecule has 4 nitrogen and oxygen atoms in total. The first kappa shape index (κ1) is 21.8. The average Bonchev–Trinajstić information content (AvgIpc) is 2.80. The van der Waals surface area contributed by atoms with Crippen molar-refractivity contribution in [3.63, 3.8) is 0 Å². The number of hydrogen-bond donors (Lipinski definition) is 0. The van der Waals surface area contributed by atoms with Gasteiger partial charge in [0.25, 0.3) is 5.56 Å². The van der Waals surface area contributed by atoms with Crippen LogP contribution in [0.4, 0.5) is 8.78 Å². The summed E-state index contributed by atoms with van der Waals surface area (Å²) in [4.78, 5) is 15.1. The van der Waals surface area contributed by atoms with Gasteiger partial charge in [0, 0.05) is 24.9 Å². The standard InChI is InChI=1S/C26H25F2N3O/c1-30(14-13-19-5-4-6-22(28)17-19)15-16-31-26(32)24-8-3-2-7-23(24)25(29-31)18-20-9-11-21(27)12-10-20/h2-12,17H,13-16,18H2,1H3. The van der Waals surface area contributed by atoms with Gasteiger partial charge in [-0.1, -0.05) is 42.5 Å². The summed E-state index contributed by atoms with van der Waals surface area (Å²) in [6, 6.07) is 20.4. The van der Waals surface area contributed by atoms with E-state index in [1.54, 1.807) is 24.3 Å². The molecule has 0 unspecified atom stereocenters. The van der Waals surface area contributed by atoms with Crippen LogP contribution in [0.1, 0.15) is 16.8 Å². The molecular formula is C26H25F2N3O. The van der Waals surface area contributed by atoms with Gasteiger partial charge in [0.2, 0.25) is 0 Å². The fraction of sp³-hybridized carbons (Fsp3) is 0.231. The van der Waals surface area contributed by atoms with Crippen molar-refractivity contribution in [1.29, 1.82) is 0 Å². The Balaban J connectivity index is 1.51. The van der Waals surface area contributed by atoms with Crippen LogP contribution in [-0.2, 0) is 19.4 Å². The third kappa shape index (κ3) is 5.26. The van der Waals surface area contributed by atoms with Gasteiger partial charge in [0.15, 0.2) is 0 Å². The fourth-order valence-corrected chi connectivity index (χ4v) is 3.77. The van der Waals surface area contributed by atoms with Crippen molar-refractivity contribution in [3.8, 4) is 0 Å². The van der Waals surface area contributed by atoms with E-state index in [0.717, 1.165) is 35.2 Å². The smallest absolute Gasteiger partial charge is 0.274 e. The lowest BCUT2D eigenvalue weighted by Gasteiger charge is -2.18. The van der Waals surface area contributed by atoms with Crippen LogP contribution in [0.3, 0.4) is 0 Å². The highest BCUT2D eigenvalue weighted by molar-refractivity contribution is 5.83. The van der Waals surface area contributed by atoms with Crippen molar-refractivity contribution in [3.05, 3.63) is 112 Å². The highest BCUT2D eigenvalue weighted by atomic mass is 19.1. The number of likely N-dealkylation sites (N-methyl/N-ethyl adjacent to an activating group) is 1. The Labute approximate surface area is 185 Å². The van der Waals surface area contributed by atoms with Crippen LogP contribution in [0.15, 0.2) is 77.6 Å². The summed E-state index contributed by atoms with van der Waals surface area (Å²) in [6.07, 6.45) is 1.24. The molecule has 1 heterocycles. The lowest BCUT2D eigenvalue weighted by Crippen LogP contribution is -2.32. The summed E-state index contributed by atoms with van der Waals surface area (Å²) in [6.45, 7) is 1.82. The average molecular weight is 434 g/mol. The van der Waals surface area contributed by atoms with E-state index in [4.69, 9.17) is 0 Å². The second kappa shape index (κ2) is 9.83. The van der Waals surface area contributed by atoms with Crippen LogP contribution in [0.5, 0.6) is 0 Å². The summed E-state index contributed by atoms with van der Waals surface area (Å²) in [5.41, 5.74) is 2.54. The van der Waals surface area contributed by atoms with Gasteiger partial charge in [-0.15, -0.1) is 0 Å². The van der Waals surface area contributed by atoms with Crippen LogP contribution >= 0.6 is 0 Å². The summed E-state index contributed by atoms with van der Waals surface area (Å²) < 4.78 is 28.2. The lowest BCUT2D eigenvalue weighted by atomic mass is 10.0. The minimum atomic E-state index is -0.280. The van der Waals surface area contributed by atoms with Crippen LogP contribution < -0.4 is 5.56 Å². The number of rotatable bonds is 8. The van der Waals surface area contributed by atoms with Gasteiger partial charge >= 0.3 is 0 Å². The molecule has 4 aromatic rings. The third-order valence-corrected chi connectivity index (χ3v) is 5.59. The molecule has 3 aromatic carbocycles. The maximum Gasteiger partial charge on any atom is 0.274 e. The van der Waals surface area contributed by atoms with Gasteiger partial charge < -0.3 is 4.90 Å². The maximum atomic E-state index is 13.4. The topological polar surface area (TPSA) is 38.1 Å². The molecule has 0 spiro atoms. The van der Waals surface area contributed by atoms with Crippen molar-refractivity contribution in [2.45, 2.75) is 19.4 Å². The van der Waals surface area contributed by atoms with Crippen molar-refractivity contribution >= 4 is 10.8 Å². The first-order chi connectivity index (χ1) is 15.5. The van der Waals surface area contributed by atoms with Crippen LogP contribution in [0, 0.1) is 11.6 Å². The maximum absolute atomic E-state index is 13.4. The molecule has 0 aliphatic heterocycles. The lowest BCUT2D eigenvalue weighted by molar-refractivity contribution is 0.312. The second-order valence-electron chi connectivity index (χ2n) is 8.01. The predicted octanol–water partition coefficient (Wildman–Crippen LogP) is 4.44. The van der Waals surface area contributed by atoms with Crippen molar-refractivity contribution in [2.24, 2.45) is 0 Å². The molecule has 0 saturated heterocycles. The minimum absolute atomic E-state index is 0.123. The van der Waals surface area contributed by atoms with Gasteiger partial charge in [0.1, 0.15) is 11.6 Å². The van der Waals surface area contributed by atoms with E-state index in [0.29, 0.717) is 24.9 Å². The zero-order chi connectivity index (χ0) is 22.5. The molecule has 164 valence electrons. The number of halogens is 2. The van der Waals surface area contributed by atoms with E-state index in [1.807, 2.05) is 37.4 Å². The summed E-state index contributed by atoms with van der Waals surface area (Å²) in [5, 5.41) is 6.10. The molecule has 0 radical (unpaired) electrons. The number of fused-ring (bicyclic) bond motifs is 1. The molecule has 0 saturated carbocycles. The van der Waals surface area contributed by atoms with Gasteiger partial charge in [-0.3, -0.25) is 4.79 Å².